The molecule has 2 amide bonds. The summed E-state index contributed by atoms with van der Waals surface area (Å²) >= 11 is 1.24. The molecule has 2 aromatic carbocycles. The number of β-amino-alcohol motifs (C(OH)–C–C–N with tert-alkyl or cyclic N) is 1. The number of aliphatic hydroxyl groups excluding tert-OH is 1. The maximum atomic E-state index is 12.7. The number of benzene rings is 2. The van der Waals surface area contributed by atoms with Crippen LogP contribution in [0.1, 0.15) is 6.42 Å². The van der Waals surface area contributed by atoms with Crippen LogP contribution in [0.2, 0.25) is 0 Å². The summed E-state index contributed by atoms with van der Waals surface area (Å²) in [5.41, 5.74) is 1.34. The molecular weight excluding hydrogens is 378 g/mol. The normalized spacial score (nSPS) is 17.8. The van der Waals surface area contributed by atoms with Crippen LogP contribution in [-0.4, -0.2) is 52.5 Å². The Bertz CT molecular complexity index is 856. The number of nitrogens with one attached hydrogen (secondary N) is 1. The van der Waals surface area contributed by atoms with Crippen molar-refractivity contribution < 1.29 is 19.4 Å². The summed E-state index contributed by atoms with van der Waals surface area (Å²) in [6.45, 7) is -0.0288. The first kappa shape index (κ1) is 19.9. The van der Waals surface area contributed by atoms with Crippen LogP contribution >= 0.6 is 11.8 Å². The summed E-state index contributed by atoms with van der Waals surface area (Å²) in [6.07, 6.45) is 0.0191. The summed E-state index contributed by atoms with van der Waals surface area (Å²) in [7, 11) is 1.57. The van der Waals surface area contributed by atoms with Crippen LogP contribution in [0, 0.1) is 0 Å². The number of aliphatic hydroxyl groups is 1. The molecule has 28 heavy (non-hydrogen) atoms. The van der Waals surface area contributed by atoms with Crippen molar-refractivity contribution >= 4 is 40.1 Å². The van der Waals surface area contributed by atoms with Gasteiger partial charge in [-0.15, -0.1) is 0 Å². The van der Waals surface area contributed by atoms with E-state index in [1.807, 2.05) is 30.3 Å². The highest BCUT2D eigenvalue weighted by Gasteiger charge is 2.38. The van der Waals surface area contributed by atoms with Crippen LogP contribution in [0.15, 0.2) is 59.6 Å². The van der Waals surface area contributed by atoms with Crippen molar-refractivity contribution in [3.05, 3.63) is 54.6 Å². The number of amides is 2. The maximum absolute atomic E-state index is 12.7. The van der Waals surface area contributed by atoms with E-state index in [9.17, 15) is 14.7 Å². The van der Waals surface area contributed by atoms with Crippen LogP contribution < -0.4 is 10.1 Å². The average molecular weight is 399 g/mol. The molecule has 1 atom stereocenters. The number of methoxy groups -OCH3 is 1. The van der Waals surface area contributed by atoms with Crippen molar-refractivity contribution in [1.82, 2.24) is 4.90 Å². The van der Waals surface area contributed by atoms with Gasteiger partial charge in [-0.2, -0.15) is 0 Å². The molecule has 0 aromatic heterocycles. The fourth-order valence-corrected chi connectivity index (χ4v) is 3.88. The number of thioether (sulfide) groups is 1. The second-order valence-electron chi connectivity index (χ2n) is 6.03. The van der Waals surface area contributed by atoms with E-state index in [1.54, 1.807) is 31.4 Å². The van der Waals surface area contributed by atoms with E-state index in [2.05, 4.69) is 10.3 Å². The monoisotopic (exact) mass is 399 g/mol. The quantitative estimate of drug-likeness (QED) is 0.747. The van der Waals surface area contributed by atoms with Crippen molar-refractivity contribution in [3.63, 3.8) is 0 Å². The van der Waals surface area contributed by atoms with Gasteiger partial charge < -0.3 is 15.2 Å². The Morgan fingerprint density at radius 1 is 1.21 bits per heavy atom. The first-order valence-corrected chi connectivity index (χ1v) is 9.65. The lowest BCUT2D eigenvalue weighted by Crippen LogP contribution is -2.35. The van der Waals surface area contributed by atoms with Crippen molar-refractivity contribution in [2.45, 2.75) is 11.7 Å². The Hall–Kier alpha value is -2.84. The molecule has 2 N–H and O–H groups in total. The summed E-state index contributed by atoms with van der Waals surface area (Å²) in [5.74, 6) is 0.209. The molecular formula is C20H21N3O4S. The predicted octanol–water partition coefficient (Wildman–Crippen LogP) is 2.65. The van der Waals surface area contributed by atoms with Crippen LogP contribution in [-0.2, 0) is 9.59 Å². The van der Waals surface area contributed by atoms with E-state index >= 15 is 0 Å². The number of hydrogen-bond donors (Lipinski definition) is 2. The number of aliphatic imine (C=N–C) groups is 1. The topological polar surface area (TPSA) is 91.2 Å². The first-order chi connectivity index (χ1) is 13.6. The molecule has 1 aliphatic rings. The second kappa shape index (κ2) is 9.38. The lowest BCUT2D eigenvalue weighted by molar-refractivity contribution is -0.128. The molecule has 7 nitrogen and oxygen atoms in total. The van der Waals surface area contributed by atoms with Gasteiger partial charge in [0.05, 0.1) is 25.9 Å². The molecule has 146 valence electrons. The predicted molar refractivity (Wildman–Crippen MR) is 110 cm³/mol. The molecule has 0 spiro atoms. The minimum atomic E-state index is -0.577. The van der Waals surface area contributed by atoms with Crippen LogP contribution in [0.4, 0.5) is 11.4 Å². The van der Waals surface area contributed by atoms with Gasteiger partial charge in [0.25, 0.3) is 0 Å². The Labute approximate surface area is 167 Å². The molecule has 1 heterocycles. The molecule has 1 saturated heterocycles. The Kier molecular flexibility index (Phi) is 6.67. The highest BCUT2D eigenvalue weighted by molar-refractivity contribution is 8.15. The van der Waals surface area contributed by atoms with Crippen molar-refractivity contribution in [3.8, 4) is 5.75 Å². The van der Waals surface area contributed by atoms with Crippen molar-refractivity contribution in [1.29, 1.82) is 0 Å². The maximum Gasteiger partial charge on any atom is 0.242 e. The molecule has 0 bridgehead atoms. The zero-order valence-corrected chi connectivity index (χ0v) is 16.2. The van der Waals surface area contributed by atoms with Crippen molar-refractivity contribution in [2.75, 3.05) is 25.6 Å². The third-order valence-electron chi connectivity index (χ3n) is 4.07. The molecule has 0 aliphatic carbocycles. The number of para-hydroxylation sites is 1. The minimum Gasteiger partial charge on any atom is -0.497 e. The third kappa shape index (κ3) is 4.90. The van der Waals surface area contributed by atoms with Gasteiger partial charge in [0.2, 0.25) is 11.8 Å². The molecule has 2 aromatic rings. The fraction of sp³-hybridized carbons (Fsp3) is 0.250. The summed E-state index contributed by atoms with van der Waals surface area (Å²) in [6, 6.07) is 16.2. The molecule has 0 unspecified atom stereocenters. The number of anilines is 1. The van der Waals surface area contributed by atoms with E-state index in [0.29, 0.717) is 22.3 Å². The lowest BCUT2D eigenvalue weighted by atomic mass is 10.2. The van der Waals surface area contributed by atoms with Crippen LogP contribution in [0.3, 0.4) is 0 Å². The van der Waals surface area contributed by atoms with E-state index in [-0.39, 0.29) is 31.4 Å². The molecule has 8 heteroatoms. The number of amidine groups is 1. The molecule has 1 fully saturated rings. The SMILES string of the molecule is COc1ccc(NC(=O)C[C@H]2SC(=Nc3ccccc3)N(CCO)C2=O)cc1. The standard InChI is InChI=1S/C20H21N3O4S/c1-27-16-9-7-15(8-10-16)21-18(25)13-17-19(26)23(11-12-24)20(28-17)22-14-5-3-2-4-6-14/h2-10,17,24H,11-13H2,1H3,(H,21,25)/t17-/m1/s1. The van der Waals surface area contributed by atoms with Gasteiger partial charge in [0.1, 0.15) is 11.0 Å². The zero-order chi connectivity index (χ0) is 19.9. The number of hydrogen-bond acceptors (Lipinski definition) is 6. The number of rotatable bonds is 7. The van der Waals surface area contributed by atoms with E-state index in [4.69, 9.17) is 4.74 Å². The van der Waals surface area contributed by atoms with Gasteiger partial charge in [-0.1, -0.05) is 30.0 Å². The minimum absolute atomic E-state index is 0.0191. The summed E-state index contributed by atoms with van der Waals surface area (Å²) in [5, 5.41) is 12.0. The largest absolute Gasteiger partial charge is 0.497 e. The highest BCUT2D eigenvalue weighted by atomic mass is 32.2. The fourth-order valence-electron chi connectivity index (χ4n) is 2.70. The zero-order valence-electron chi connectivity index (χ0n) is 15.4. The summed E-state index contributed by atoms with van der Waals surface area (Å²) in [4.78, 5) is 31.0. The summed E-state index contributed by atoms with van der Waals surface area (Å²) < 4.78 is 5.09. The van der Waals surface area contributed by atoms with Gasteiger partial charge in [0.15, 0.2) is 5.17 Å². The number of carbonyl (C=O) groups excluding carboxylic acids is 2. The Morgan fingerprint density at radius 3 is 2.57 bits per heavy atom. The Balaban J connectivity index is 1.68. The van der Waals surface area contributed by atoms with Crippen LogP contribution in [0.5, 0.6) is 5.75 Å². The lowest BCUT2D eigenvalue weighted by Gasteiger charge is -2.14. The van der Waals surface area contributed by atoms with Gasteiger partial charge in [-0.25, -0.2) is 4.99 Å². The molecule has 1 aliphatic heterocycles. The first-order valence-electron chi connectivity index (χ1n) is 8.77. The number of nitrogens with zero attached hydrogens (tertiary/aromatic N) is 2. The van der Waals surface area contributed by atoms with Gasteiger partial charge in [-0.3, -0.25) is 14.5 Å². The molecule has 0 radical (unpaired) electrons. The van der Waals surface area contributed by atoms with E-state index in [0.717, 1.165) is 0 Å². The molecule has 0 saturated carbocycles. The third-order valence-corrected chi connectivity index (χ3v) is 5.24. The van der Waals surface area contributed by atoms with E-state index < -0.39 is 5.25 Å². The number of ether oxygens (including phenoxy) is 1. The Morgan fingerprint density at radius 2 is 1.93 bits per heavy atom. The molecule has 3 rings (SSSR count). The smallest absolute Gasteiger partial charge is 0.242 e. The van der Waals surface area contributed by atoms with Crippen molar-refractivity contribution in [2.24, 2.45) is 4.99 Å². The second-order valence-corrected chi connectivity index (χ2v) is 7.20. The number of carbonyl (C=O) groups is 2. The van der Waals surface area contributed by atoms with Gasteiger partial charge >= 0.3 is 0 Å². The highest BCUT2D eigenvalue weighted by Crippen LogP contribution is 2.31. The average Bonchev–Trinajstić information content (AvgIpc) is 2.98. The van der Waals surface area contributed by atoms with Gasteiger partial charge in [0, 0.05) is 12.1 Å². The van der Waals surface area contributed by atoms with Crippen LogP contribution in [0.25, 0.3) is 0 Å². The van der Waals surface area contributed by atoms with Gasteiger partial charge in [-0.05, 0) is 36.4 Å². The van der Waals surface area contributed by atoms with E-state index in [1.165, 1.54) is 16.7 Å².